The van der Waals surface area contributed by atoms with Gasteiger partial charge in [-0.2, -0.15) is 0 Å². The summed E-state index contributed by atoms with van der Waals surface area (Å²) in [6.45, 7) is 0. The molecule has 1 N–H and O–H groups in total. The van der Waals surface area contributed by atoms with Crippen LogP contribution in [0.1, 0.15) is 25.7 Å². The van der Waals surface area contributed by atoms with Gasteiger partial charge >= 0.3 is 0 Å². The Morgan fingerprint density at radius 3 is 2.35 bits per heavy atom. The summed E-state index contributed by atoms with van der Waals surface area (Å²) in [5.74, 6) is 0.00953. The largest absolute Gasteiger partial charge is 0.392 e. The Kier molecular flexibility index (Phi) is 3.84. The maximum atomic E-state index is 12.0. The van der Waals surface area contributed by atoms with E-state index in [4.69, 9.17) is 0 Å². The van der Waals surface area contributed by atoms with Crippen molar-refractivity contribution in [2.75, 3.05) is 5.75 Å². The first-order valence-corrected chi connectivity index (χ1v) is 7.71. The summed E-state index contributed by atoms with van der Waals surface area (Å²) >= 11 is 0. The van der Waals surface area contributed by atoms with Gasteiger partial charge in [0.05, 0.1) is 16.8 Å². The molecule has 0 heterocycles. The van der Waals surface area contributed by atoms with Gasteiger partial charge in [-0.25, -0.2) is 8.42 Å². The fraction of sp³-hybridized carbons (Fsp3) is 0.538. The molecular weight excluding hydrogens is 236 g/mol. The molecule has 0 amide bonds. The van der Waals surface area contributed by atoms with Crippen LogP contribution in [-0.4, -0.2) is 25.4 Å². The van der Waals surface area contributed by atoms with Crippen molar-refractivity contribution in [2.45, 2.75) is 36.7 Å². The van der Waals surface area contributed by atoms with Crippen molar-refractivity contribution < 1.29 is 13.5 Å². The van der Waals surface area contributed by atoms with Crippen molar-refractivity contribution in [3.8, 4) is 0 Å². The molecule has 1 aromatic rings. The Labute approximate surface area is 102 Å². The predicted molar refractivity (Wildman–Crippen MR) is 66.5 cm³/mol. The zero-order valence-corrected chi connectivity index (χ0v) is 10.6. The van der Waals surface area contributed by atoms with E-state index in [1.165, 1.54) is 0 Å². The number of sulfone groups is 1. The first-order chi connectivity index (χ1) is 8.09. The summed E-state index contributed by atoms with van der Waals surface area (Å²) in [7, 11) is -3.35. The first-order valence-electron chi connectivity index (χ1n) is 6.05. The summed E-state index contributed by atoms with van der Waals surface area (Å²) in [5.41, 5.74) is 0. The molecule has 0 radical (unpaired) electrons. The van der Waals surface area contributed by atoms with Crippen LogP contribution < -0.4 is 0 Å². The highest BCUT2D eigenvalue weighted by Gasteiger charge is 2.28. The number of rotatable bonds is 4. The van der Waals surface area contributed by atoms with Crippen molar-refractivity contribution in [3.63, 3.8) is 0 Å². The lowest BCUT2D eigenvalue weighted by Gasteiger charge is -2.17. The van der Waals surface area contributed by atoms with E-state index < -0.39 is 15.9 Å². The SMILES string of the molecule is O=S(=O)(C[C@@H](O)C1CCCC1)c1ccccc1. The van der Waals surface area contributed by atoms with Crippen molar-refractivity contribution in [2.24, 2.45) is 5.92 Å². The van der Waals surface area contributed by atoms with Crippen LogP contribution in [0.2, 0.25) is 0 Å². The summed E-state index contributed by atoms with van der Waals surface area (Å²) in [6.07, 6.45) is 3.39. The fourth-order valence-corrected chi connectivity index (χ4v) is 3.91. The van der Waals surface area contributed by atoms with Gasteiger partial charge in [-0.1, -0.05) is 31.0 Å². The van der Waals surface area contributed by atoms with Crippen LogP contribution in [0, 0.1) is 5.92 Å². The minimum atomic E-state index is -3.35. The maximum Gasteiger partial charge on any atom is 0.180 e. The molecule has 0 unspecified atom stereocenters. The van der Waals surface area contributed by atoms with Gasteiger partial charge in [0.15, 0.2) is 9.84 Å². The Morgan fingerprint density at radius 1 is 1.18 bits per heavy atom. The third-order valence-corrected chi connectivity index (χ3v) is 5.21. The molecule has 1 fully saturated rings. The summed E-state index contributed by atoms with van der Waals surface area (Å²) in [4.78, 5) is 0.303. The van der Waals surface area contributed by atoms with Gasteiger partial charge in [-0.3, -0.25) is 0 Å². The maximum absolute atomic E-state index is 12.0. The average Bonchev–Trinajstić information content (AvgIpc) is 2.83. The lowest BCUT2D eigenvalue weighted by Crippen LogP contribution is -2.27. The van der Waals surface area contributed by atoms with Crippen LogP contribution in [0.4, 0.5) is 0 Å². The lowest BCUT2D eigenvalue weighted by atomic mass is 10.0. The second kappa shape index (κ2) is 5.19. The molecule has 1 atom stereocenters. The number of hydrogen-bond acceptors (Lipinski definition) is 3. The smallest absolute Gasteiger partial charge is 0.180 e. The molecular formula is C13H18O3S. The third-order valence-electron chi connectivity index (χ3n) is 3.44. The average molecular weight is 254 g/mol. The van der Waals surface area contributed by atoms with Gasteiger partial charge in [-0.15, -0.1) is 0 Å². The minimum absolute atomic E-state index is 0.151. The van der Waals surface area contributed by atoms with Crippen LogP contribution in [0.25, 0.3) is 0 Å². The Balaban J connectivity index is 2.07. The molecule has 0 spiro atoms. The highest BCUT2D eigenvalue weighted by atomic mass is 32.2. The molecule has 0 saturated heterocycles. The Hall–Kier alpha value is -0.870. The molecule has 0 aliphatic heterocycles. The summed E-state index contributed by atoms with van der Waals surface area (Å²) in [6, 6.07) is 8.35. The van der Waals surface area contributed by atoms with Gasteiger partial charge in [0.25, 0.3) is 0 Å². The van der Waals surface area contributed by atoms with Crippen LogP contribution >= 0.6 is 0 Å². The second-order valence-electron chi connectivity index (χ2n) is 4.71. The molecule has 2 rings (SSSR count). The van der Waals surface area contributed by atoms with Crippen LogP contribution in [0.3, 0.4) is 0 Å². The molecule has 3 nitrogen and oxygen atoms in total. The van der Waals surface area contributed by atoms with Gasteiger partial charge in [0.1, 0.15) is 0 Å². The van der Waals surface area contributed by atoms with E-state index in [0.717, 1.165) is 25.7 Å². The zero-order valence-electron chi connectivity index (χ0n) is 9.75. The lowest BCUT2D eigenvalue weighted by molar-refractivity contribution is 0.131. The standard InChI is InChI=1S/C13H18O3S/c14-13(11-6-4-5-7-11)10-17(15,16)12-8-2-1-3-9-12/h1-3,8-9,11,13-14H,4-7,10H2/t13-/m1/s1. The second-order valence-corrected chi connectivity index (χ2v) is 6.74. The van der Waals surface area contributed by atoms with E-state index in [-0.39, 0.29) is 11.7 Å². The van der Waals surface area contributed by atoms with Gasteiger partial charge < -0.3 is 5.11 Å². The summed E-state index contributed by atoms with van der Waals surface area (Å²) in [5, 5.41) is 9.97. The van der Waals surface area contributed by atoms with Gasteiger partial charge in [0, 0.05) is 0 Å². The molecule has 1 aliphatic carbocycles. The molecule has 0 bridgehead atoms. The van der Waals surface area contributed by atoms with E-state index >= 15 is 0 Å². The quantitative estimate of drug-likeness (QED) is 0.894. The van der Waals surface area contributed by atoms with E-state index in [9.17, 15) is 13.5 Å². The van der Waals surface area contributed by atoms with Gasteiger partial charge in [-0.05, 0) is 30.9 Å². The molecule has 17 heavy (non-hydrogen) atoms. The van der Waals surface area contributed by atoms with Crippen LogP contribution in [-0.2, 0) is 9.84 Å². The molecule has 4 heteroatoms. The van der Waals surface area contributed by atoms with Gasteiger partial charge in [0.2, 0.25) is 0 Å². The minimum Gasteiger partial charge on any atom is -0.392 e. The highest BCUT2D eigenvalue weighted by Crippen LogP contribution is 2.29. The first kappa shape index (κ1) is 12.6. The molecule has 1 aliphatic rings. The predicted octanol–water partition coefficient (Wildman–Crippen LogP) is 2.01. The van der Waals surface area contributed by atoms with E-state index in [2.05, 4.69) is 0 Å². The topological polar surface area (TPSA) is 54.4 Å². The fourth-order valence-electron chi connectivity index (χ4n) is 2.43. The van der Waals surface area contributed by atoms with E-state index in [1.807, 2.05) is 0 Å². The number of benzene rings is 1. The molecule has 1 aromatic carbocycles. The van der Waals surface area contributed by atoms with Crippen molar-refractivity contribution in [1.29, 1.82) is 0 Å². The summed E-state index contributed by atoms with van der Waals surface area (Å²) < 4.78 is 24.1. The Bertz CT molecular complexity index is 447. The van der Waals surface area contributed by atoms with Crippen LogP contribution in [0.15, 0.2) is 35.2 Å². The molecule has 94 valence electrons. The normalized spacial score (nSPS) is 19.4. The zero-order chi connectivity index (χ0) is 12.3. The highest BCUT2D eigenvalue weighted by molar-refractivity contribution is 7.91. The molecule has 0 aromatic heterocycles. The van der Waals surface area contributed by atoms with Crippen molar-refractivity contribution in [3.05, 3.63) is 30.3 Å². The van der Waals surface area contributed by atoms with Crippen LogP contribution in [0.5, 0.6) is 0 Å². The number of aliphatic hydroxyl groups excluding tert-OH is 1. The van der Waals surface area contributed by atoms with E-state index in [1.54, 1.807) is 30.3 Å². The molecule has 1 saturated carbocycles. The third kappa shape index (κ3) is 3.07. The van der Waals surface area contributed by atoms with Crippen molar-refractivity contribution in [1.82, 2.24) is 0 Å². The Morgan fingerprint density at radius 2 is 1.76 bits per heavy atom. The number of aliphatic hydroxyl groups is 1. The van der Waals surface area contributed by atoms with Crippen molar-refractivity contribution >= 4 is 9.84 Å². The number of hydrogen-bond donors (Lipinski definition) is 1. The monoisotopic (exact) mass is 254 g/mol. The van der Waals surface area contributed by atoms with E-state index in [0.29, 0.717) is 4.90 Å².